The van der Waals surface area contributed by atoms with Crippen LogP contribution in [-0.2, 0) is 19.5 Å². The third-order valence-corrected chi connectivity index (χ3v) is 5.44. The van der Waals surface area contributed by atoms with E-state index >= 15 is 0 Å². The molecule has 2 aliphatic heterocycles. The molecule has 0 spiro atoms. The van der Waals surface area contributed by atoms with Gasteiger partial charge in [0.25, 0.3) is 0 Å². The van der Waals surface area contributed by atoms with Gasteiger partial charge in [0.15, 0.2) is 0 Å². The topological polar surface area (TPSA) is 31.4 Å². The highest BCUT2D eigenvalue weighted by atomic mass is 35.5. The molecule has 1 N–H and O–H groups in total. The van der Waals surface area contributed by atoms with Crippen LogP contribution in [0.4, 0.5) is 5.69 Å². The second-order valence-corrected chi connectivity index (χ2v) is 7.58. The lowest BCUT2D eigenvalue weighted by molar-refractivity contribution is 0.255. The van der Waals surface area contributed by atoms with Crippen molar-refractivity contribution in [1.29, 1.82) is 0 Å². The summed E-state index contributed by atoms with van der Waals surface area (Å²) in [7, 11) is 2.23. The van der Waals surface area contributed by atoms with Crippen molar-refractivity contribution in [1.82, 2.24) is 14.8 Å². The van der Waals surface area contributed by atoms with E-state index in [9.17, 15) is 0 Å². The van der Waals surface area contributed by atoms with Gasteiger partial charge in [-0.25, -0.2) is 0 Å². The summed E-state index contributed by atoms with van der Waals surface area (Å²) in [5.41, 5.74) is 5.66. The zero-order valence-corrected chi connectivity index (χ0v) is 16.3. The Morgan fingerprint density at radius 2 is 2.19 bits per heavy atom. The van der Waals surface area contributed by atoms with Gasteiger partial charge in [-0.2, -0.15) is 0 Å². The van der Waals surface area contributed by atoms with Crippen molar-refractivity contribution in [2.75, 3.05) is 38.5 Å². The van der Waals surface area contributed by atoms with Crippen LogP contribution in [0.15, 0.2) is 42.7 Å². The minimum absolute atomic E-state index is 0. The lowest BCUT2D eigenvalue weighted by atomic mass is 10.1. The van der Waals surface area contributed by atoms with Crippen LogP contribution in [-0.4, -0.2) is 48.0 Å². The highest BCUT2D eigenvalue weighted by Crippen LogP contribution is 2.29. The van der Waals surface area contributed by atoms with Crippen molar-refractivity contribution in [3.8, 4) is 0 Å². The van der Waals surface area contributed by atoms with E-state index in [0.29, 0.717) is 0 Å². The average Bonchev–Trinajstić information content (AvgIpc) is 3.25. The predicted octanol–water partition coefficient (Wildman–Crippen LogP) is 3.43. The number of rotatable bonds is 6. The Morgan fingerprint density at radius 3 is 3.04 bits per heavy atom. The summed E-state index contributed by atoms with van der Waals surface area (Å²) in [4.78, 5) is 9.28. The fraction of sp³-hybridized carbons (Fsp3) is 0.476. The van der Waals surface area contributed by atoms with Crippen LogP contribution in [0.2, 0.25) is 0 Å². The number of para-hydroxylation sites is 1. The van der Waals surface area contributed by atoms with Gasteiger partial charge in [0, 0.05) is 50.8 Å². The summed E-state index contributed by atoms with van der Waals surface area (Å²) in [6.07, 6.45) is 6.29. The van der Waals surface area contributed by atoms with Crippen molar-refractivity contribution in [3.05, 3.63) is 59.4 Å². The number of aromatic nitrogens is 1. The molecule has 1 atom stereocenters. The van der Waals surface area contributed by atoms with Crippen LogP contribution in [0.25, 0.3) is 0 Å². The van der Waals surface area contributed by atoms with Crippen molar-refractivity contribution in [2.24, 2.45) is 5.92 Å². The molecule has 1 saturated heterocycles. The molecule has 0 aliphatic carbocycles. The normalized spacial score (nSPS) is 19.2. The zero-order chi connectivity index (χ0) is 17.1. The van der Waals surface area contributed by atoms with E-state index in [0.717, 1.165) is 32.1 Å². The van der Waals surface area contributed by atoms with Gasteiger partial charge in [-0.1, -0.05) is 24.3 Å². The first-order valence-electron chi connectivity index (χ1n) is 9.42. The average molecular weight is 373 g/mol. The molecule has 1 fully saturated rings. The summed E-state index contributed by atoms with van der Waals surface area (Å²) < 4.78 is 0. The molecule has 5 heteroatoms. The maximum atomic E-state index is 4.22. The number of fused-ring (bicyclic) bond motifs is 1. The number of hydrogen-bond acceptors (Lipinski definition) is 4. The second kappa shape index (κ2) is 8.85. The molecule has 4 rings (SSSR count). The molecule has 0 bridgehead atoms. The number of benzene rings is 1. The van der Waals surface area contributed by atoms with Crippen molar-refractivity contribution in [2.45, 2.75) is 25.9 Å². The molecule has 0 saturated carbocycles. The van der Waals surface area contributed by atoms with Gasteiger partial charge >= 0.3 is 0 Å². The minimum Gasteiger partial charge on any atom is -0.384 e. The Balaban J connectivity index is 0.00000196. The first kappa shape index (κ1) is 19.2. The van der Waals surface area contributed by atoms with Gasteiger partial charge in [0.05, 0.1) is 0 Å². The Hall–Kier alpha value is -1.62. The van der Waals surface area contributed by atoms with E-state index in [-0.39, 0.29) is 12.4 Å². The molecule has 140 valence electrons. The largest absolute Gasteiger partial charge is 0.384 e. The van der Waals surface area contributed by atoms with Gasteiger partial charge in [-0.05, 0) is 55.1 Å². The fourth-order valence-electron chi connectivity index (χ4n) is 4.30. The maximum Gasteiger partial charge on any atom is 0.0419 e. The molecule has 1 unspecified atom stereocenters. The SMILES string of the molecule is CN(Cc1cccnc1)CC1CCN(Cc2cccc3c2NCC3)C1.Cl. The summed E-state index contributed by atoms with van der Waals surface area (Å²) in [5.74, 6) is 0.770. The lowest BCUT2D eigenvalue weighted by Crippen LogP contribution is -2.28. The van der Waals surface area contributed by atoms with Crippen LogP contribution >= 0.6 is 12.4 Å². The molecule has 1 aromatic heterocycles. The molecular weight excluding hydrogens is 344 g/mol. The first-order chi connectivity index (χ1) is 12.3. The molecule has 26 heavy (non-hydrogen) atoms. The zero-order valence-electron chi connectivity index (χ0n) is 15.5. The molecule has 1 aromatic carbocycles. The molecule has 0 radical (unpaired) electrons. The van der Waals surface area contributed by atoms with E-state index in [1.807, 2.05) is 18.5 Å². The maximum absolute atomic E-state index is 4.22. The smallest absolute Gasteiger partial charge is 0.0419 e. The number of pyridine rings is 1. The van der Waals surface area contributed by atoms with Crippen LogP contribution in [0.5, 0.6) is 0 Å². The third kappa shape index (κ3) is 4.56. The number of halogens is 1. The number of nitrogens with one attached hydrogen (secondary N) is 1. The Labute approximate surface area is 163 Å². The van der Waals surface area contributed by atoms with Crippen LogP contribution in [0.1, 0.15) is 23.1 Å². The summed E-state index contributed by atoms with van der Waals surface area (Å²) in [6, 6.07) is 11.0. The van der Waals surface area contributed by atoms with Crippen molar-refractivity contribution in [3.63, 3.8) is 0 Å². The van der Waals surface area contributed by atoms with E-state index in [1.165, 1.54) is 48.3 Å². The van der Waals surface area contributed by atoms with Gasteiger partial charge in [-0.15, -0.1) is 12.4 Å². The quantitative estimate of drug-likeness (QED) is 0.841. The Kier molecular flexibility index (Phi) is 6.52. The second-order valence-electron chi connectivity index (χ2n) is 7.58. The van der Waals surface area contributed by atoms with E-state index in [4.69, 9.17) is 0 Å². The van der Waals surface area contributed by atoms with E-state index in [2.05, 4.69) is 51.4 Å². The molecule has 2 aliphatic rings. The number of hydrogen-bond donors (Lipinski definition) is 1. The van der Waals surface area contributed by atoms with Crippen molar-refractivity contribution < 1.29 is 0 Å². The van der Waals surface area contributed by atoms with Crippen molar-refractivity contribution >= 4 is 18.1 Å². The van der Waals surface area contributed by atoms with Crippen LogP contribution < -0.4 is 5.32 Å². The van der Waals surface area contributed by atoms with Gasteiger partial charge in [-0.3, -0.25) is 9.88 Å². The Morgan fingerprint density at radius 1 is 1.27 bits per heavy atom. The highest BCUT2D eigenvalue weighted by Gasteiger charge is 2.25. The van der Waals surface area contributed by atoms with Gasteiger partial charge in [0.2, 0.25) is 0 Å². The summed E-state index contributed by atoms with van der Waals surface area (Å²) >= 11 is 0. The van der Waals surface area contributed by atoms with Crippen LogP contribution in [0, 0.1) is 5.92 Å². The van der Waals surface area contributed by atoms with E-state index in [1.54, 1.807) is 0 Å². The lowest BCUT2D eigenvalue weighted by Gasteiger charge is -2.22. The molecule has 3 heterocycles. The van der Waals surface area contributed by atoms with Gasteiger partial charge in [0.1, 0.15) is 0 Å². The number of nitrogens with zero attached hydrogens (tertiary/aromatic N) is 3. The molecule has 0 amide bonds. The number of likely N-dealkylation sites (tertiary alicyclic amines) is 1. The first-order valence-corrected chi connectivity index (χ1v) is 9.42. The summed E-state index contributed by atoms with van der Waals surface area (Å²) in [5, 5.41) is 3.57. The summed E-state index contributed by atoms with van der Waals surface area (Å²) in [6.45, 7) is 6.75. The number of anilines is 1. The van der Waals surface area contributed by atoms with E-state index < -0.39 is 0 Å². The minimum atomic E-state index is 0. The van der Waals surface area contributed by atoms with Crippen LogP contribution in [0.3, 0.4) is 0 Å². The Bertz CT molecular complexity index is 706. The monoisotopic (exact) mass is 372 g/mol. The van der Waals surface area contributed by atoms with Gasteiger partial charge < -0.3 is 10.2 Å². The predicted molar refractivity (Wildman–Crippen MR) is 110 cm³/mol. The standard InChI is InChI=1S/C21H28N4.ClH/c1-24(13-17-4-3-9-22-12-17)14-18-8-11-25(15-18)16-20-6-2-5-19-7-10-23-21(19)20;/h2-6,9,12,18,23H,7-8,10-11,13-16H2,1H3;1H. The fourth-order valence-corrected chi connectivity index (χ4v) is 4.30. The molecule has 2 aromatic rings. The third-order valence-electron chi connectivity index (χ3n) is 5.44. The molecular formula is C21H29ClN4. The molecule has 4 nitrogen and oxygen atoms in total. The highest BCUT2D eigenvalue weighted by molar-refractivity contribution is 5.85.